The predicted molar refractivity (Wildman–Crippen MR) is 120 cm³/mol. The van der Waals surface area contributed by atoms with E-state index in [0.717, 1.165) is 16.6 Å². The van der Waals surface area contributed by atoms with Crippen LogP contribution in [0.3, 0.4) is 0 Å². The third kappa shape index (κ3) is 4.08. The normalized spacial score (nSPS) is 12.0. The first-order valence-corrected chi connectivity index (χ1v) is 10.5. The van der Waals surface area contributed by atoms with Crippen molar-refractivity contribution in [3.05, 3.63) is 81.4 Å². The van der Waals surface area contributed by atoms with Crippen molar-refractivity contribution in [2.45, 2.75) is 19.9 Å². The van der Waals surface area contributed by atoms with Crippen LogP contribution >= 0.6 is 22.9 Å². The highest BCUT2D eigenvalue weighted by molar-refractivity contribution is 7.18. The molecule has 1 unspecified atom stereocenters. The van der Waals surface area contributed by atoms with Crippen LogP contribution in [0.1, 0.15) is 44.4 Å². The van der Waals surface area contributed by atoms with Crippen molar-refractivity contribution < 1.29 is 9.59 Å². The van der Waals surface area contributed by atoms with Gasteiger partial charge in [0.15, 0.2) is 0 Å². The zero-order chi connectivity index (χ0) is 21.3. The number of benzene rings is 2. The Kier molecular flexibility index (Phi) is 5.57. The number of fused-ring (bicyclic) bond motifs is 1. The van der Waals surface area contributed by atoms with Crippen molar-refractivity contribution in [2.24, 2.45) is 0 Å². The number of para-hydroxylation sites is 2. The quantitative estimate of drug-likeness (QED) is 0.393. The second-order valence-electron chi connectivity index (χ2n) is 6.89. The zero-order valence-electron chi connectivity index (χ0n) is 16.3. The number of thiophene rings is 1. The molecule has 4 aromatic rings. The van der Waals surface area contributed by atoms with E-state index < -0.39 is 0 Å². The maximum Gasteiger partial charge on any atom is 0.262 e. The molecule has 0 radical (unpaired) electrons. The molecule has 0 saturated carbocycles. The molecule has 4 rings (SSSR count). The van der Waals surface area contributed by atoms with Crippen molar-refractivity contribution >= 4 is 50.8 Å². The van der Waals surface area contributed by atoms with Crippen molar-refractivity contribution in [1.29, 1.82) is 0 Å². The molecule has 6 nitrogen and oxygen atoms in total. The molecule has 0 bridgehead atoms. The van der Waals surface area contributed by atoms with E-state index in [4.69, 9.17) is 11.6 Å². The molecule has 2 amide bonds. The summed E-state index contributed by atoms with van der Waals surface area (Å²) in [5.74, 6) is 0.152. The Morgan fingerprint density at radius 3 is 2.60 bits per heavy atom. The summed E-state index contributed by atoms with van der Waals surface area (Å²) >= 11 is 7.31. The number of hydrogen-bond acceptors (Lipinski definition) is 4. The van der Waals surface area contributed by atoms with E-state index in [1.807, 2.05) is 38.1 Å². The van der Waals surface area contributed by atoms with Crippen molar-refractivity contribution in [1.82, 2.24) is 15.3 Å². The Morgan fingerprint density at radius 1 is 1.10 bits per heavy atom. The van der Waals surface area contributed by atoms with Gasteiger partial charge in [-0.3, -0.25) is 9.59 Å². The molecule has 152 valence electrons. The number of aromatic nitrogens is 2. The molecule has 30 heavy (non-hydrogen) atoms. The van der Waals surface area contributed by atoms with Crippen molar-refractivity contribution in [3.8, 4) is 0 Å². The van der Waals surface area contributed by atoms with Crippen LogP contribution in [0.5, 0.6) is 0 Å². The molecular formula is C22H19ClN4O2S. The fourth-order valence-electron chi connectivity index (χ4n) is 3.10. The van der Waals surface area contributed by atoms with Gasteiger partial charge in [-0.2, -0.15) is 0 Å². The van der Waals surface area contributed by atoms with Crippen molar-refractivity contribution in [3.63, 3.8) is 0 Å². The Morgan fingerprint density at radius 2 is 1.83 bits per heavy atom. The summed E-state index contributed by atoms with van der Waals surface area (Å²) in [4.78, 5) is 33.6. The van der Waals surface area contributed by atoms with E-state index in [1.54, 1.807) is 30.3 Å². The molecular weight excluding hydrogens is 420 g/mol. The van der Waals surface area contributed by atoms with Crippen LogP contribution in [0.25, 0.3) is 11.0 Å². The summed E-state index contributed by atoms with van der Waals surface area (Å²) in [6.07, 6.45) is 0. The zero-order valence-corrected chi connectivity index (χ0v) is 17.9. The molecule has 0 aliphatic rings. The number of aromatic amines is 1. The number of rotatable bonds is 5. The summed E-state index contributed by atoms with van der Waals surface area (Å²) in [6.45, 7) is 3.71. The van der Waals surface area contributed by atoms with Crippen LogP contribution in [0.4, 0.5) is 5.00 Å². The molecule has 2 aromatic heterocycles. The van der Waals surface area contributed by atoms with E-state index >= 15 is 0 Å². The summed E-state index contributed by atoms with van der Waals surface area (Å²) in [5, 5.41) is 6.74. The maximum atomic E-state index is 12.8. The fourth-order valence-corrected chi connectivity index (χ4v) is 4.29. The molecule has 8 heteroatoms. The topological polar surface area (TPSA) is 86.9 Å². The summed E-state index contributed by atoms with van der Waals surface area (Å²) in [7, 11) is 0. The van der Waals surface area contributed by atoms with Gasteiger partial charge in [0, 0.05) is 0 Å². The SMILES string of the molecule is Cc1cc(NC(=O)c2ccccc2Cl)sc1C(=O)NC(C)c1nc2ccccc2[nH]1. The first-order valence-electron chi connectivity index (χ1n) is 9.34. The minimum absolute atomic E-state index is 0.219. The van der Waals surface area contributed by atoms with Crippen LogP contribution in [0, 0.1) is 6.92 Å². The number of carbonyl (C=O) groups excluding carboxylic acids is 2. The van der Waals surface area contributed by atoms with Crippen molar-refractivity contribution in [2.75, 3.05) is 5.32 Å². The molecule has 3 N–H and O–H groups in total. The molecule has 2 heterocycles. The third-order valence-electron chi connectivity index (χ3n) is 4.64. The van der Waals surface area contributed by atoms with E-state index in [9.17, 15) is 9.59 Å². The second-order valence-corrected chi connectivity index (χ2v) is 8.35. The van der Waals surface area contributed by atoms with Crippen LogP contribution < -0.4 is 10.6 Å². The average Bonchev–Trinajstić information content (AvgIpc) is 3.31. The number of halogens is 1. The lowest BCUT2D eigenvalue weighted by Crippen LogP contribution is -2.27. The first kappa shape index (κ1) is 20.1. The molecule has 0 spiro atoms. The highest BCUT2D eigenvalue weighted by Crippen LogP contribution is 2.28. The Hall–Kier alpha value is -3.16. The van der Waals surface area contributed by atoms with Gasteiger partial charge < -0.3 is 15.6 Å². The van der Waals surface area contributed by atoms with Gasteiger partial charge in [-0.05, 0) is 49.7 Å². The number of H-pyrrole nitrogens is 1. The minimum Gasteiger partial charge on any atom is -0.342 e. The smallest absolute Gasteiger partial charge is 0.262 e. The standard InChI is InChI=1S/C22H19ClN4O2S/c1-12-11-18(27-21(28)14-7-3-4-8-15(14)23)30-19(12)22(29)24-13(2)20-25-16-9-5-6-10-17(16)26-20/h3-11,13H,1-2H3,(H,24,29)(H,25,26)(H,27,28). The second kappa shape index (κ2) is 8.30. The highest BCUT2D eigenvalue weighted by Gasteiger charge is 2.20. The average molecular weight is 439 g/mol. The number of anilines is 1. The number of nitrogens with zero attached hydrogens (tertiary/aromatic N) is 1. The molecule has 0 aliphatic heterocycles. The number of amides is 2. The first-order chi connectivity index (χ1) is 14.4. The lowest BCUT2D eigenvalue weighted by atomic mass is 10.2. The van der Waals surface area contributed by atoms with E-state index in [0.29, 0.717) is 26.3 Å². The minimum atomic E-state index is -0.315. The summed E-state index contributed by atoms with van der Waals surface area (Å²) in [6, 6.07) is 16.0. The fraction of sp³-hybridized carbons (Fsp3) is 0.136. The number of aryl methyl sites for hydroxylation is 1. The molecule has 1 atom stereocenters. The van der Waals surface area contributed by atoms with Gasteiger partial charge in [0.25, 0.3) is 11.8 Å². The number of imidazole rings is 1. The van der Waals surface area contributed by atoms with Gasteiger partial charge in [-0.1, -0.05) is 35.9 Å². The predicted octanol–water partition coefficient (Wildman–Crippen LogP) is 5.33. The largest absolute Gasteiger partial charge is 0.342 e. The maximum absolute atomic E-state index is 12.8. The molecule has 0 fully saturated rings. The molecule has 2 aromatic carbocycles. The summed E-state index contributed by atoms with van der Waals surface area (Å²) < 4.78 is 0. The lowest BCUT2D eigenvalue weighted by Gasteiger charge is -2.11. The van der Waals surface area contributed by atoms with Gasteiger partial charge in [0.2, 0.25) is 0 Å². The Bertz CT molecular complexity index is 1210. The van der Waals surface area contributed by atoms with Gasteiger partial charge in [-0.15, -0.1) is 11.3 Å². The van der Waals surface area contributed by atoms with Crippen LogP contribution in [0.15, 0.2) is 54.6 Å². The van der Waals surface area contributed by atoms with Gasteiger partial charge >= 0.3 is 0 Å². The molecule has 0 aliphatic carbocycles. The Balaban J connectivity index is 1.47. The molecule has 0 saturated heterocycles. The van der Waals surface area contributed by atoms with Crippen LogP contribution in [-0.4, -0.2) is 21.8 Å². The number of hydrogen-bond donors (Lipinski definition) is 3. The van der Waals surface area contributed by atoms with Crippen LogP contribution in [0.2, 0.25) is 5.02 Å². The number of carbonyl (C=O) groups is 2. The van der Waals surface area contributed by atoms with Crippen LogP contribution in [-0.2, 0) is 0 Å². The van der Waals surface area contributed by atoms with Gasteiger partial charge in [0.1, 0.15) is 5.82 Å². The lowest BCUT2D eigenvalue weighted by molar-refractivity contribution is 0.0941. The Labute approximate surface area is 182 Å². The van der Waals surface area contributed by atoms with E-state index in [1.165, 1.54) is 11.3 Å². The van der Waals surface area contributed by atoms with Gasteiger partial charge in [-0.25, -0.2) is 4.98 Å². The summed E-state index contributed by atoms with van der Waals surface area (Å²) in [5.41, 5.74) is 2.94. The van der Waals surface area contributed by atoms with Gasteiger partial charge in [0.05, 0.1) is 37.5 Å². The van der Waals surface area contributed by atoms with E-state index in [2.05, 4.69) is 20.6 Å². The highest BCUT2D eigenvalue weighted by atomic mass is 35.5. The monoisotopic (exact) mass is 438 g/mol. The third-order valence-corrected chi connectivity index (χ3v) is 6.13. The van der Waals surface area contributed by atoms with E-state index in [-0.39, 0.29) is 17.9 Å². The number of nitrogens with one attached hydrogen (secondary N) is 3.